The molecule has 0 radical (unpaired) electrons. The van der Waals surface area contributed by atoms with E-state index in [9.17, 15) is 4.39 Å². The lowest BCUT2D eigenvalue weighted by Gasteiger charge is -2.24. The highest BCUT2D eigenvalue weighted by molar-refractivity contribution is 5.85. The molecule has 0 aliphatic carbocycles. The van der Waals surface area contributed by atoms with Crippen molar-refractivity contribution in [2.45, 2.75) is 30.9 Å². The summed E-state index contributed by atoms with van der Waals surface area (Å²) >= 11 is 0. The molecule has 2 atom stereocenters. The lowest BCUT2D eigenvalue weighted by atomic mass is 9.85. The Morgan fingerprint density at radius 1 is 0.862 bits per heavy atom. The molecule has 152 valence electrons. The fraction of sp³-hybridized carbons (Fsp3) is 0.280. The highest BCUT2D eigenvalue weighted by atomic mass is 35.5. The monoisotopic (exact) mass is 411 g/mol. The largest absolute Gasteiger partial charge is 0.376 e. The minimum atomic E-state index is -0.184. The van der Waals surface area contributed by atoms with E-state index in [0.29, 0.717) is 6.04 Å². The van der Waals surface area contributed by atoms with Crippen LogP contribution in [0.1, 0.15) is 29.0 Å². The average Bonchev–Trinajstić information content (AvgIpc) is 3.20. The second-order valence-electron chi connectivity index (χ2n) is 7.43. The van der Waals surface area contributed by atoms with E-state index in [1.165, 1.54) is 23.3 Å². The molecule has 0 saturated carbocycles. The molecule has 29 heavy (non-hydrogen) atoms. The summed E-state index contributed by atoms with van der Waals surface area (Å²) in [5.74, 6) is 0.0582. The summed E-state index contributed by atoms with van der Waals surface area (Å²) < 4.78 is 19.3. The summed E-state index contributed by atoms with van der Waals surface area (Å²) in [4.78, 5) is 0. The van der Waals surface area contributed by atoms with E-state index in [1.807, 2.05) is 12.1 Å². The zero-order chi connectivity index (χ0) is 19.2. The van der Waals surface area contributed by atoms with Crippen molar-refractivity contribution in [3.8, 4) is 0 Å². The van der Waals surface area contributed by atoms with Crippen LogP contribution in [0.4, 0.5) is 4.39 Å². The zero-order valence-corrected chi connectivity index (χ0v) is 17.2. The Hall–Kier alpha value is -2.20. The Balaban J connectivity index is 0.00000240. The van der Waals surface area contributed by atoms with E-state index in [0.717, 1.165) is 31.6 Å². The first-order valence-corrected chi connectivity index (χ1v) is 9.99. The molecule has 0 unspecified atom stereocenters. The van der Waals surface area contributed by atoms with Crippen molar-refractivity contribution < 1.29 is 9.13 Å². The van der Waals surface area contributed by atoms with Gasteiger partial charge >= 0.3 is 0 Å². The van der Waals surface area contributed by atoms with Crippen LogP contribution in [0.15, 0.2) is 84.9 Å². The number of benzene rings is 3. The molecular formula is C25H27ClFNO. The van der Waals surface area contributed by atoms with E-state index in [1.54, 1.807) is 0 Å². The summed E-state index contributed by atoms with van der Waals surface area (Å²) in [5.41, 5.74) is 3.74. The van der Waals surface area contributed by atoms with Gasteiger partial charge in [-0.3, -0.25) is 0 Å². The fourth-order valence-electron chi connectivity index (χ4n) is 4.05. The van der Waals surface area contributed by atoms with E-state index < -0.39 is 0 Å². The number of ether oxygens (including phenoxy) is 1. The quantitative estimate of drug-likeness (QED) is 0.564. The Morgan fingerprint density at radius 2 is 1.45 bits per heavy atom. The first-order chi connectivity index (χ1) is 13.8. The van der Waals surface area contributed by atoms with Crippen LogP contribution in [0.5, 0.6) is 0 Å². The van der Waals surface area contributed by atoms with Gasteiger partial charge in [0, 0.05) is 12.0 Å². The molecule has 1 N–H and O–H groups in total. The number of nitrogens with one attached hydrogen (secondary N) is 1. The molecule has 0 amide bonds. The molecule has 1 heterocycles. The van der Waals surface area contributed by atoms with Crippen molar-refractivity contribution in [3.05, 3.63) is 107 Å². The maximum atomic E-state index is 13.0. The van der Waals surface area contributed by atoms with Gasteiger partial charge < -0.3 is 10.1 Å². The molecule has 1 aliphatic heterocycles. The Kier molecular flexibility index (Phi) is 7.82. The molecule has 0 aromatic heterocycles. The average molecular weight is 412 g/mol. The molecular weight excluding hydrogens is 385 g/mol. The second-order valence-corrected chi connectivity index (χ2v) is 7.43. The van der Waals surface area contributed by atoms with Crippen molar-refractivity contribution in [2.75, 3.05) is 13.2 Å². The molecule has 1 fully saturated rings. The smallest absolute Gasteiger partial charge is 0.123 e. The van der Waals surface area contributed by atoms with Gasteiger partial charge in [0.05, 0.1) is 12.7 Å². The van der Waals surface area contributed by atoms with Gasteiger partial charge in [-0.15, -0.1) is 12.4 Å². The fourth-order valence-corrected chi connectivity index (χ4v) is 4.05. The summed E-state index contributed by atoms with van der Waals surface area (Å²) in [6, 6.07) is 28.4. The molecule has 4 heteroatoms. The lowest BCUT2D eigenvalue weighted by Crippen LogP contribution is -2.31. The molecule has 0 spiro atoms. The third-order valence-corrected chi connectivity index (χ3v) is 5.48. The molecule has 1 saturated heterocycles. The van der Waals surface area contributed by atoms with Crippen LogP contribution in [-0.4, -0.2) is 25.3 Å². The van der Waals surface area contributed by atoms with Crippen molar-refractivity contribution in [3.63, 3.8) is 0 Å². The van der Waals surface area contributed by atoms with Crippen LogP contribution in [0.2, 0.25) is 0 Å². The van der Waals surface area contributed by atoms with Gasteiger partial charge in [0.2, 0.25) is 0 Å². The summed E-state index contributed by atoms with van der Waals surface area (Å²) in [6.45, 7) is 1.60. The van der Waals surface area contributed by atoms with Gasteiger partial charge in [0.1, 0.15) is 5.82 Å². The third kappa shape index (κ3) is 5.66. The lowest BCUT2D eigenvalue weighted by molar-refractivity contribution is 0.0960. The molecule has 0 bridgehead atoms. The van der Waals surface area contributed by atoms with E-state index in [-0.39, 0.29) is 30.2 Å². The van der Waals surface area contributed by atoms with Crippen LogP contribution >= 0.6 is 12.4 Å². The highest BCUT2D eigenvalue weighted by Crippen LogP contribution is 2.34. The van der Waals surface area contributed by atoms with Crippen LogP contribution in [0.3, 0.4) is 0 Å². The first kappa shape index (κ1) is 21.5. The van der Waals surface area contributed by atoms with Gasteiger partial charge in [-0.25, -0.2) is 4.39 Å². The van der Waals surface area contributed by atoms with Crippen molar-refractivity contribution in [1.82, 2.24) is 5.32 Å². The van der Waals surface area contributed by atoms with Crippen LogP contribution in [-0.2, 0) is 11.2 Å². The van der Waals surface area contributed by atoms with Crippen LogP contribution < -0.4 is 5.32 Å². The molecule has 4 rings (SSSR count). The summed E-state index contributed by atoms with van der Waals surface area (Å²) in [5, 5.41) is 3.61. The van der Waals surface area contributed by atoms with Gasteiger partial charge in [0.25, 0.3) is 0 Å². The zero-order valence-electron chi connectivity index (χ0n) is 16.3. The summed E-state index contributed by atoms with van der Waals surface area (Å²) in [7, 11) is 0. The molecule has 1 aliphatic rings. The molecule has 3 aromatic rings. The second kappa shape index (κ2) is 10.5. The maximum Gasteiger partial charge on any atom is 0.123 e. The number of rotatable bonds is 7. The van der Waals surface area contributed by atoms with Gasteiger partial charge in [-0.1, -0.05) is 72.8 Å². The minimum absolute atomic E-state index is 0. The maximum absolute atomic E-state index is 13.0. The number of hydrogen-bond acceptors (Lipinski definition) is 2. The first-order valence-electron chi connectivity index (χ1n) is 9.99. The number of halogens is 2. The summed E-state index contributed by atoms with van der Waals surface area (Å²) in [6.07, 6.45) is 2.04. The molecule has 3 aromatic carbocycles. The van der Waals surface area contributed by atoms with Crippen molar-refractivity contribution >= 4 is 12.4 Å². The Morgan fingerprint density at radius 3 is 2.03 bits per heavy atom. The van der Waals surface area contributed by atoms with Crippen molar-refractivity contribution in [2.24, 2.45) is 0 Å². The SMILES string of the molecule is Cl.Fc1ccc(CCN[C@@H]2CO[C@H](C(c3ccccc3)c3ccccc3)C2)cc1. The van der Waals surface area contributed by atoms with E-state index >= 15 is 0 Å². The minimum Gasteiger partial charge on any atom is -0.376 e. The Labute approximate surface area is 178 Å². The third-order valence-electron chi connectivity index (χ3n) is 5.48. The highest BCUT2D eigenvalue weighted by Gasteiger charge is 2.33. The van der Waals surface area contributed by atoms with Crippen LogP contribution in [0, 0.1) is 5.82 Å². The van der Waals surface area contributed by atoms with Gasteiger partial charge in [-0.05, 0) is 48.2 Å². The van der Waals surface area contributed by atoms with E-state index in [4.69, 9.17) is 4.74 Å². The van der Waals surface area contributed by atoms with Crippen molar-refractivity contribution in [1.29, 1.82) is 0 Å². The van der Waals surface area contributed by atoms with E-state index in [2.05, 4.69) is 66.0 Å². The Bertz CT molecular complexity index is 818. The van der Waals surface area contributed by atoms with Crippen LogP contribution in [0.25, 0.3) is 0 Å². The standard InChI is InChI=1S/C25H26FNO.ClH/c26-22-13-11-19(12-14-22)15-16-27-23-17-24(28-18-23)25(20-7-3-1-4-8-20)21-9-5-2-6-10-21;/h1-14,23-25,27H,15-18H2;1H/t23-,24-;/m0./s1. The molecule has 2 nitrogen and oxygen atoms in total. The predicted molar refractivity (Wildman–Crippen MR) is 118 cm³/mol. The predicted octanol–water partition coefficient (Wildman–Crippen LogP) is 5.37. The number of hydrogen-bond donors (Lipinski definition) is 1. The van der Waals surface area contributed by atoms with Gasteiger partial charge in [-0.2, -0.15) is 0 Å². The normalized spacial score (nSPS) is 18.6. The van der Waals surface area contributed by atoms with Gasteiger partial charge in [0.15, 0.2) is 0 Å². The topological polar surface area (TPSA) is 21.3 Å².